The molecule has 1 aliphatic carbocycles. The predicted molar refractivity (Wildman–Crippen MR) is 90.0 cm³/mol. The summed E-state index contributed by atoms with van der Waals surface area (Å²) in [6, 6.07) is 8.41. The number of benzene rings is 1. The number of hydrogen-bond acceptors (Lipinski definition) is 3. The van der Waals surface area contributed by atoms with Gasteiger partial charge in [-0.05, 0) is 37.1 Å². The van der Waals surface area contributed by atoms with E-state index < -0.39 is 0 Å². The number of nitrogens with zero attached hydrogens (tertiary/aromatic N) is 1. The van der Waals surface area contributed by atoms with Crippen LogP contribution in [0.1, 0.15) is 23.2 Å². The first-order valence-corrected chi connectivity index (χ1v) is 7.82. The van der Waals surface area contributed by atoms with Crippen molar-refractivity contribution in [1.29, 1.82) is 0 Å². The lowest BCUT2D eigenvalue weighted by molar-refractivity contribution is -0.117. The lowest BCUT2D eigenvalue weighted by Crippen LogP contribution is -2.15. The van der Waals surface area contributed by atoms with Crippen LogP contribution in [0, 0.1) is 5.92 Å². The van der Waals surface area contributed by atoms with Gasteiger partial charge in [-0.1, -0.05) is 29.3 Å². The van der Waals surface area contributed by atoms with Gasteiger partial charge in [-0.15, -0.1) is 0 Å². The fourth-order valence-corrected chi connectivity index (χ4v) is 2.28. The zero-order chi connectivity index (χ0) is 16.4. The maximum atomic E-state index is 12.2. The van der Waals surface area contributed by atoms with Crippen LogP contribution in [-0.4, -0.2) is 16.8 Å². The van der Waals surface area contributed by atoms with Crippen molar-refractivity contribution in [2.75, 3.05) is 10.6 Å². The maximum absolute atomic E-state index is 12.2. The van der Waals surface area contributed by atoms with Crippen LogP contribution >= 0.6 is 23.2 Å². The molecule has 7 heteroatoms. The van der Waals surface area contributed by atoms with E-state index in [2.05, 4.69) is 15.6 Å². The van der Waals surface area contributed by atoms with Crippen LogP contribution in [0.4, 0.5) is 11.4 Å². The van der Waals surface area contributed by atoms with Gasteiger partial charge in [0.1, 0.15) is 5.15 Å². The van der Waals surface area contributed by atoms with Crippen molar-refractivity contribution in [3.05, 3.63) is 52.3 Å². The first-order chi connectivity index (χ1) is 11.0. The Kier molecular flexibility index (Phi) is 4.50. The Morgan fingerprint density at radius 1 is 1.09 bits per heavy atom. The lowest BCUT2D eigenvalue weighted by atomic mass is 10.2. The van der Waals surface area contributed by atoms with E-state index in [0.29, 0.717) is 16.9 Å². The van der Waals surface area contributed by atoms with Crippen molar-refractivity contribution in [3.8, 4) is 0 Å². The topological polar surface area (TPSA) is 71.1 Å². The number of halogens is 2. The summed E-state index contributed by atoms with van der Waals surface area (Å²) in [5.41, 5.74) is 1.51. The van der Waals surface area contributed by atoms with E-state index in [0.717, 1.165) is 12.8 Å². The molecular formula is C16H13Cl2N3O2. The molecular weight excluding hydrogens is 337 g/mol. The number of carbonyl (C=O) groups excluding carboxylic acids is 2. The van der Waals surface area contributed by atoms with Gasteiger partial charge >= 0.3 is 0 Å². The van der Waals surface area contributed by atoms with E-state index in [1.807, 2.05) is 0 Å². The van der Waals surface area contributed by atoms with Gasteiger partial charge in [0.05, 0.1) is 10.6 Å². The van der Waals surface area contributed by atoms with E-state index in [-0.39, 0.29) is 27.9 Å². The Labute approximate surface area is 143 Å². The number of aromatic nitrogens is 1. The van der Waals surface area contributed by atoms with Crippen LogP contribution in [0.3, 0.4) is 0 Å². The minimum absolute atomic E-state index is 0.0159. The van der Waals surface area contributed by atoms with E-state index in [1.165, 1.54) is 12.3 Å². The first kappa shape index (κ1) is 15.8. The Bertz CT molecular complexity index is 776. The minimum Gasteiger partial charge on any atom is -0.326 e. The standard InChI is InChI=1S/C16H13Cl2N3O2/c17-13-6-10(8-19-14(13)18)16(23)21-12-3-1-2-11(7-12)20-15(22)9-4-5-9/h1-3,6-9H,4-5H2,(H,20,22)(H,21,23). The summed E-state index contributed by atoms with van der Waals surface area (Å²) < 4.78 is 0. The van der Waals surface area contributed by atoms with Crippen LogP contribution < -0.4 is 10.6 Å². The molecule has 2 N–H and O–H groups in total. The first-order valence-electron chi connectivity index (χ1n) is 7.06. The van der Waals surface area contributed by atoms with Crippen molar-refractivity contribution >= 4 is 46.4 Å². The molecule has 0 unspecified atom stereocenters. The third-order valence-corrected chi connectivity index (χ3v) is 4.08. The molecule has 1 saturated carbocycles. The summed E-state index contributed by atoms with van der Waals surface area (Å²) in [6.07, 6.45) is 3.22. The second kappa shape index (κ2) is 6.56. The highest BCUT2D eigenvalue weighted by atomic mass is 35.5. The highest BCUT2D eigenvalue weighted by Gasteiger charge is 2.29. The largest absolute Gasteiger partial charge is 0.326 e. The summed E-state index contributed by atoms with van der Waals surface area (Å²) in [4.78, 5) is 27.8. The summed E-state index contributed by atoms with van der Waals surface area (Å²) >= 11 is 11.6. The monoisotopic (exact) mass is 349 g/mol. The molecule has 0 spiro atoms. The number of hydrogen-bond donors (Lipinski definition) is 2. The number of pyridine rings is 1. The third-order valence-electron chi connectivity index (χ3n) is 3.39. The van der Waals surface area contributed by atoms with Crippen LogP contribution in [-0.2, 0) is 4.79 Å². The van der Waals surface area contributed by atoms with Gasteiger partial charge in [0.25, 0.3) is 5.91 Å². The van der Waals surface area contributed by atoms with Crippen molar-refractivity contribution in [2.45, 2.75) is 12.8 Å². The van der Waals surface area contributed by atoms with Crippen molar-refractivity contribution < 1.29 is 9.59 Å². The number of anilines is 2. The zero-order valence-electron chi connectivity index (χ0n) is 12.0. The third kappa shape index (κ3) is 4.00. The Hall–Kier alpha value is -2.11. The summed E-state index contributed by atoms with van der Waals surface area (Å²) in [6.45, 7) is 0. The molecule has 3 rings (SSSR count). The fourth-order valence-electron chi connectivity index (χ4n) is 2.01. The van der Waals surface area contributed by atoms with Gasteiger partial charge in [-0.3, -0.25) is 9.59 Å². The molecule has 2 amide bonds. The van der Waals surface area contributed by atoms with Gasteiger partial charge in [-0.25, -0.2) is 4.98 Å². The minimum atomic E-state index is -0.360. The molecule has 1 aromatic heterocycles. The normalized spacial score (nSPS) is 13.5. The van der Waals surface area contributed by atoms with E-state index in [9.17, 15) is 9.59 Å². The zero-order valence-corrected chi connectivity index (χ0v) is 13.5. The molecule has 118 valence electrons. The lowest BCUT2D eigenvalue weighted by Gasteiger charge is -2.09. The average Bonchev–Trinajstić information content (AvgIpc) is 3.35. The molecule has 1 aliphatic rings. The molecule has 0 atom stereocenters. The smallest absolute Gasteiger partial charge is 0.257 e. The fraction of sp³-hybridized carbons (Fsp3) is 0.188. The molecule has 0 radical (unpaired) electrons. The molecule has 2 aromatic rings. The van der Waals surface area contributed by atoms with Crippen molar-refractivity contribution in [1.82, 2.24) is 4.98 Å². The maximum Gasteiger partial charge on any atom is 0.257 e. The van der Waals surface area contributed by atoms with Crippen LogP contribution in [0.5, 0.6) is 0 Å². The van der Waals surface area contributed by atoms with E-state index >= 15 is 0 Å². The van der Waals surface area contributed by atoms with Gasteiger partial charge in [0.15, 0.2) is 0 Å². The number of nitrogens with one attached hydrogen (secondary N) is 2. The van der Waals surface area contributed by atoms with Crippen molar-refractivity contribution in [3.63, 3.8) is 0 Å². The van der Waals surface area contributed by atoms with E-state index in [4.69, 9.17) is 23.2 Å². The second-order valence-electron chi connectivity index (χ2n) is 5.30. The number of rotatable bonds is 4. The number of carbonyl (C=O) groups is 2. The molecule has 0 aliphatic heterocycles. The molecule has 23 heavy (non-hydrogen) atoms. The van der Waals surface area contributed by atoms with Crippen LogP contribution in [0.2, 0.25) is 10.2 Å². The molecule has 0 bridgehead atoms. The summed E-state index contributed by atoms with van der Waals surface area (Å²) in [7, 11) is 0. The predicted octanol–water partition coefficient (Wildman–Crippen LogP) is 3.99. The van der Waals surface area contributed by atoms with Gasteiger partial charge in [0.2, 0.25) is 5.91 Å². The SMILES string of the molecule is O=C(Nc1cccc(NC(=O)C2CC2)c1)c1cnc(Cl)c(Cl)c1. The Morgan fingerprint density at radius 2 is 1.78 bits per heavy atom. The second-order valence-corrected chi connectivity index (χ2v) is 6.06. The van der Waals surface area contributed by atoms with E-state index in [1.54, 1.807) is 24.3 Å². The van der Waals surface area contributed by atoms with Crippen molar-refractivity contribution in [2.24, 2.45) is 5.92 Å². The highest BCUT2D eigenvalue weighted by molar-refractivity contribution is 6.41. The molecule has 1 fully saturated rings. The summed E-state index contributed by atoms with van der Waals surface area (Å²) in [5, 5.41) is 5.92. The molecule has 1 aromatic carbocycles. The molecule has 5 nitrogen and oxygen atoms in total. The van der Waals surface area contributed by atoms with Crippen LogP contribution in [0.15, 0.2) is 36.5 Å². The summed E-state index contributed by atoms with van der Waals surface area (Å²) in [5.74, 6) is -0.223. The van der Waals surface area contributed by atoms with Gasteiger partial charge < -0.3 is 10.6 Å². The molecule has 1 heterocycles. The van der Waals surface area contributed by atoms with Gasteiger partial charge in [-0.2, -0.15) is 0 Å². The average molecular weight is 350 g/mol. The molecule has 0 saturated heterocycles. The van der Waals surface area contributed by atoms with Crippen LogP contribution in [0.25, 0.3) is 0 Å². The Morgan fingerprint density at radius 3 is 2.43 bits per heavy atom. The Balaban J connectivity index is 1.70. The van der Waals surface area contributed by atoms with Gasteiger partial charge in [0, 0.05) is 23.5 Å². The quantitative estimate of drug-likeness (QED) is 0.819. The number of amides is 2. The highest BCUT2D eigenvalue weighted by Crippen LogP contribution is 2.30.